The van der Waals surface area contributed by atoms with Crippen LogP contribution in [0.4, 0.5) is 11.4 Å². The van der Waals surface area contributed by atoms with E-state index in [0.717, 1.165) is 17.4 Å². The maximum atomic E-state index is 12.3. The molecule has 3 aromatic rings. The van der Waals surface area contributed by atoms with Gasteiger partial charge in [0, 0.05) is 6.07 Å². The minimum absolute atomic E-state index is 0.0403. The van der Waals surface area contributed by atoms with E-state index < -0.39 is 4.92 Å². The first-order valence-electron chi connectivity index (χ1n) is 8.09. The fraction of sp³-hybridized carbons (Fsp3) is 0.176. The number of aromatic nitrogens is 4. The van der Waals surface area contributed by atoms with Crippen molar-refractivity contribution >= 4 is 29.0 Å². The molecule has 0 unspecified atom stereocenters. The van der Waals surface area contributed by atoms with E-state index in [1.165, 1.54) is 16.8 Å². The molecule has 11 heteroatoms. The highest BCUT2D eigenvalue weighted by Gasteiger charge is 2.16. The molecule has 0 aliphatic carbocycles. The molecule has 28 heavy (non-hydrogen) atoms. The third-order valence-corrected chi connectivity index (χ3v) is 4.79. The summed E-state index contributed by atoms with van der Waals surface area (Å²) >= 11 is 1.15. The SMILES string of the molecule is COc1ccc(-n2nnnc2SCC(=O)Nc2cccc([N+](=O)[O-])c2C)cc1. The molecule has 3 rings (SSSR count). The predicted octanol–water partition coefficient (Wildman–Crippen LogP) is 2.62. The molecule has 2 aromatic carbocycles. The Bertz CT molecular complexity index is 1010. The van der Waals surface area contributed by atoms with Crippen LogP contribution in [0, 0.1) is 17.0 Å². The van der Waals surface area contributed by atoms with Gasteiger partial charge in [-0.1, -0.05) is 17.8 Å². The van der Waals surface area contributed by atoms with Gasteiger partial charge in [-0.2, -0.15) is 4.68 Å². The van der Waals surface area contributed by atoms with E-state index in [4.69, 9.17) is 4.74 Å². The number of anilines is 1. The largest absolute Gasteiger partial charge is 0.497 e. The Morgan fingerprint density at radius 1 is 1.29 bits per heavy atom. The van der Waals surface area contributed by atoms with Crippen molar-refractivity contribution in [1.82, 2.24) is 20.2 Å². The third kappa shape index (κ3) is 4.26. The summed E-state index contributed by atoms with van der Waals surface area (Å²) in [6, 6.07) is 11.7. The number of thioether (sulfide) groups is 1. The van der Waals surface area contributed by atoms with Gasteiger partial charge in [-0.3, -0.25) is 14.9 Å². The monoisotopic (exact) mass is 400 g/mol. The quantitative estimate of drug-likeness (QED) is 0.364. The molecule has 0 spiro atoms. The number of ether oxygens (including phenoxy) is 1. The van der Waals surface area contributed by atoms with Crippen molar-refractivity contribution in [2.45, 2.75) is 12.1 Å². The van der Waals surface area contributed by atoms with Gasteiger partial charge in [0.05, 0.1) is 34.7 Å². The topological polar surface area (TPSA) is 125 Å². The Balaban J connectivity index is 1.67. The van der Waals surface area contributed by atoms with E-state index in [1.54, 1.807) is 44.4 Å². The number of benzene rings is 2. The van der Waals surface area contributed by atoms with Crippen molar-refractivity contribution in [2.24, 2.45) is 0 Å². The predicted molar refractivity (Wildman–Crippen MR) is 103 cm³/mol. The molecular formula is C17H16N6O4S. The van der Waals surface area contributed by atoms with Crippen LogP contribution >= 0.6 is 11.8 Å². The molecule has 144 valence electrons. The number of nitrogens with zero attached hydrogens (tertiary/aromatic N) is 5. The normalized spacial score (nSPS) is 10.5. The van der Waals surface area contributed by atoms with Crippen LogP contribution < -0.4 is 10.1 Å². The zero-order valence-electron chi connectivity index (χ0n) is 15.0. The summed E-state index contributed by atoms with van der Waals surface area (Å²) in [5.74, 6) is 0.425. The van der Waals surface area contributed by atoms with E-state index in [-0.39, 0.29) is 17.3 Å². The average molecular weight is 400 g/mol. The number of nitro benzene ring substituents is 1. The molecule has 1 heterocycles. The van der Waals surface area contributed by atoms with Gasteiger partial charge >= 0.3 is 0 Å². The minimum Gasteiger partial charge on any atom is -0.497 e. The number of tetrazole rings is 1. The molecule has 0 saturated carbocycles. The first-order valence-corrected chi connectivity index (χ1v) is 9.07. The summed E-state index contributed by atoms with van der Waals surface area (Å²) in [5.41, 5.74) is 1.47. The molecule has 0 bridgehead atoms. The molecule has 0 aliphatic rings. The van der Waals surface area contributed by atoms with Crippen molar-refractivity contribution < 1.29 is 14.5 Å². The average Bonchev–Trinajstić information content (AvgIpc) is 3.16. The molecule has 1 amide bonds. The number of carbonyl (C=O) groups is 1. The molecule has 0 aliphatic heterocycles. The van der Waals surface area contributed by atoms with Gasteiger partial charge in [0.1, 0.15) is 5.75 Å². The molecule has 1 N–H and O–H groups in total. The maximum Gasteiger partial charge on any atom is 0.274 e. The van der Waals surface area contributed by atoms with Crippen LogP contribution in [0.15, 0.2) is 47.6 Å². The summed E-state index contributed by atoms with van der Waals surface area (Å²) < 4.78 is 6.63. The van der Waals surface area contributed by atoms with Gasteiger partial charge in [-0.05, 0) is 47.7 Å². The lowest BCUT2D eigenvalue weighted by atomic mass is 10.1. The highest BCUT2D eigenvalue weighted by Crippen LogP contribution is 2.26. The fourth-order valence-corrected chi connectivity index (χ4v) is 3.12. The zero-order valence-corrected chi connectivity index (χ0v) is 15.8. The smallest absolute Gasteiger partial charge is 0.274 e. The second-order valence-electron chi connectivity index (χ2n) is 5.61. The Labute approximate surface area is 164 Å². The number of nitrogens with one attached hydrogen (secondary N) is 1. The standard InChI is InChI=1S/C17H16N6O4S/c1-11-14(4-3-5-15(11)23(25)26)18-16(24)10-28-17-19-20-21-22(17)12-6-8-13(27-2)9-7-12/h3-9H,10H2,1-2H3,(H,18,24). The second kappa shape index (κ2) is 8.48. The number of methoxy groups -OCH3 is 1. The molecule has 1 aromatic heterocycles. The van der Waals surface area contributed by atoms with Crippen molar-refractivity contribution in [3.05, 3.63) is 58.1 Å². The Kier molecular flexibility index (Phi) is 5.84. The molecule has 10 nitrogen and oxygen atoms in total. The summed E-state index contributed by atoms with van der Waals surface area (Å²) in [6.07, 6.45) is 0. The van der Waals surface area contributed by atoms with E-state index in [1.807, 2.05) is 0 Å². The van der Waals surface area contributed by atoms with Crippen molar-refractivity contribution in [3.8, 4) is 11.4 Å². The van der Waals surface area contributed by atoms with Gasteiger partial charge in [-0.15, -0.1) is 5.10 Å². The van der Waals surface area contributed by atoms with Gasteiger partial charge in [-0.25, -0.2) is 0 Å². The number of nitro groups is 1. The number of amides is 1. The van der Waals surface area contributed by atoms with Gasteiger partial charge in [0.25, 0.3) is 5.69 Å². The van der Waals surface area contributed by atoms with E-state index in [2.05, 4.69) is 20.8 Å². The third-order valence-electron chi connectivity index (χ3n) is 3.87. The van der Waals surface area contributed by atoms with Gasteiger partial charge < -0.3 is 10.1 Å². The summed E-state index contributed by atoms with van der Waals surface area (Å²) in [4.78, 5) is 22.8. The van der Waals surface area contributed by atoms with Crippen molar-refractivity contribution in [3.63, 3.8) is 0 Å². The Morgan fingerprint density at radius 2 is 2.04 bits per heavy atom. The molecule has 0 fully saturated rings. The number of carbonyl (C=O) groups excluding carboxylic acids is 1. The van der Waals surface area contributed by atoms with Crippen LogP contribution in [0.5, 0.6) is 5.75 Å². The van der Waals surface area contributed by atoms with Crippen LogP contribution in [-0.4, -0.2) is 43.9 Å². The molecule has 0 radical (unpaired) electrons. The zero-order chi connectivity index (χ0) is 20.1. The van der Waals surface area contributed by atoms with Gasteiger partial charge in [0.15, 0.2) is 0 Å². The van der Waals surface area contributed by atoms with Crippen molar-refractivity contribution in [2.75, 3.05) is 18.2 Å². The highest BCUT2D eigenvalue weighted by molar-refractivity contribution is 7.99. The molecule has 0 atom stereocenters. The molecule has 0 saturated heterocycles. The summed E-state index contributed by atoms with van der Waals surface area (Å²) in [5, 5.41) is 25.7. The first-order chi connectivity index (χ1) is 13.5. The number of hydrogen-bond acceptors (Lipinski definition) is 8. The minimum atomic E-state index is -0.483. The lowest BCUT2D eigenvalue weighted by Gasteiger charge is -2.08. The van der Waals surface area contributed by atoms with Crippen LogP contribution in [0.3, 0.4) is 0 Å². The Hall–Kier alpha value is -3.47. The molecular weight excluding hydrogens is 384 g/mol. The van der Waals surface area contributed by atoms with Crippen LogP contribution in [-0.2, 0) is 4.79 Å². The lowest BCUT2D eigenvalue weighted by Crippen LogP contribution is -2.15. The summed E-state index contributed by atoms with van der Waals surface area (Å²) in [7, 11) is 1.58. The lowest BCUT2D eigenvalue weighted by molar-refractivity contribution is -0.385. The first kappa shape index (κ1) is 19.3. The fourth-order valence-electron chi connectivity index (χ4n) is 2.43. The van der Waals surface area contributed by atoms with Gasteiger partial charge in [0.2, 0.25) is 11.1 Å². The van der Waals surface area contributed by atoms with Crippen LogP contribution in [0.2, 0.25) is 0 Å². The Morgan fingerprint density at radius 3 is 2.71 bits per heavy atom. The van der Waals surface area contributed by atoms with E-state index in [0.29, 0.717) is 22.2 Å². The second-order valence-corrected chi connectivity index (χ2v) is 6.56. The van der Waals surface area contributed by atoms with Crippen molar-refractivity contribution in [1.29, 1.82) is 0 Å². The summed E-state index contributed by atoms with van der Waals surface area (Å²) in [6.45, 7) is 1.59. The van der Waals surface area contributed by atoms with Crippen LogP contribution in [0.1, 0.15) is 5.56 Å². The highest BCUT2D eigenvalue weighted by atomic mass is 32.2. The maximum absolute atomic E-state index is 12.3. The van der Waals surface area contributed by atoms with E-state index in [9.17, 15) is 14.9 Å². The van der Waals surface area contributed by atoms with Crippen LogP contribution in [0.25, 0.3) is 5.69 Å². The number of hydrogen-bond donors (Lipinski definition) is 1. The number of rotatable bonds is 7. The van der Waals surface area contributed by atoms with E-state index >= 15 is 0 Å².